The maximum atomic E-state index is 12.9. The van der Waals surface area contributed by atoms with Gasteiger partial charge in [-0.3, -0.25) is 24.0 Å². The van der Waals surface area contributed by atoms with E-state index >= 15 is 0 Å². The first-order valence-corrected chi connectivity index (χ1v) is 12.8. The Labute approximate surface area is 204 Å². The van der Waals surface area contributed by atoms with E-state index < -0.39 is 15.9 Å². The number of carbonyl (C=O) groups is 3. The summed E-state index contributed by atoms with van der Waals surface area (Å²) in [6, 6.07) is 10.9. The Bertz CT molecular complexity index is 1260. The Morgan fingerprint density at radius 1 is 1.03 bits per heavy atom. The molecule has 1 saturated heterocycles. The van der Waals surface area contributed by atoms with Crippen LogP contribution in [-0.2, 0) is 24.4 Å². The predicted molar refractivity (Wildman–Crippen MR) is 130 cm³/mol. The number of hydrogen-bond donors (Lipinski definition) is 2. The number of nitrogens with zero attached hydrogens (tertiary/aromatic N) is 1. The van der Waals surface area contributed by atoms with Gasteiger partial charge >= 0.3 is 0 Å². The molecule has 2 aromatic carbocycles. The van der Waals surface area contributed by atoms with E-state index in [1.165, 1.54) is 24.1 Å². The lowest BCUT2D eigenvalue weighted by atomic mass is 9.85. The Morgan fingerprint density at radius 3 is 2.26 bits per heavy atom. The van der Waals surface area contributed by atoms with E-state index in [2.05, 4.69) is 10.0 Å². The first-order valence-electron chi connectivity index (χ1n) is 11.3. The minimum atomic E-state index is -3.91. The standard InChI is InChI=1S/C25H27N3O6S/c1-16-7-12-19(35(32,33)27-17-8-10-18(34-2)11-9-17)15-22(16)26-23(29)13-14-28-24(30)20-5-3-4-6-21(20)25(28)31/h3-4,7-12,15,20-21,27H,5-6,13-14H2,1-2H3,(H,26,29)/t20-,21+. The molecule has 0 aromatic heterocycles. The van der Waals surface area contributed by atoms with Gasteiger partial charge in [-0.25, -0.2) is 8.42 Å². The van der Waals surface area contributed by atoms with Gasteiger partial charge in [0.05, 0.1) is 23.8 Å². The number of likely N-dealkylation sites (tertiary alicyclic amines) is 1. The van der Waals surface area contributed by atoms with Crippen LogP contribution in [0.5, 0.6) is 5.75 Å². The molecule has 1 fully saturated rings. The van der Waals surface area contributed by atoms with Crippen LogP contribution >= 0.6 is 0 Å². The maximum absolute atomic E-state index is 12.9. The number of methoxy groups -OCH3 is 1. The molecule has 0 unspecified atom stereocenters. The number of aryl methyl sites for hydroxylation is 1. The molecule has 9 nitrogen and oxygen atoms in total. The minimum Gasteiger partial charge on any atom is -0.497 e. The van der Waals surface area contributed by atoms with Gasteiger partial charge < -0.3 is 10.1 Å². The average molecular weight is 498 g/mol. The van der Waals surface area contributed by atoms with E-state index in [1.54, 1.807) is 37.3 Å². The quantitative estimate of drug-likeness (QED) is 0.427. The van der Waals surface area contributed by atoms with Crippen molar-refractivity contribution < 1.29 is 27.5 Å². The number of carbonyl (C=O) groups excluding carboxylic acids is 3. The minimum absolute atomic E-state index is 0.00738. The highest BCUT2D eigenvalue weighted by atomic mass is 32.2. The summed E-state index contributed by atoms with van der Waals surface area (Å²) in [6.45, 7) is 1.74. The van der Waals surface area contributed by atoms with E-state index in [4.69, 9.17) is 4.74 Å². The highest BCUT2D eigenvalue weighted by Gasteiger charge is 2.46. The van der Waals surface area contributed by atoms with Crippen LogP contribution in [0.3, 0.4) is 0 Å². The van der Waals surface area contributed by atoms with Gasteiger partial charge in [-0.1, -0.05) is 18.2 Å². The molecule has 4 rings (SSSR count). The predicted octanol–water partition coefficient (Wildman–Crippen LogP) is 3.08. The Kier molecular flexibility index (Phi) is 6.93. The average Bonchev–Trinajstić information content (AvgIpc) is 3.09. The fourth-order valence-electron chi connectivity index (χ4n) is 4.29. The molecule has 184 valence electrons. The number of nitrogens with one attached hydrogen (secondary N) is 2. The molecule has 10 heteroatoms. The normalized spacial score (nSPS) is 19.4. The van der Waals surface area contributed by atoms with E-state index in [0.717, 1.165) is 0 Å². The molecule has 2 aromatic rings. The fourth-order valence-corrected chi connectivity index (χ4v) is 5.38. The van der Waals surface area contributed by atoms with Crippen molar-refractivity contribution >= 4 is 39.1 Å². The summed E-state index contributed by atoms with van der Waals surface area (Å²) in [6.07, 6.45) is 4.84. The molecule has 2 aliphatic rings. The molecule has 1 aliphatic heterocycles. The highest BCUT2D eigenvalue weighted by molar-refractivity contribution is 7.92. The van der Waals surface area contributed by atoms with Crippen molar-refractivity contribution in [3.63, 3.8) is 0 Å². The van der Waals surface area contributed by atoms with Gasteiger partial charge in [0.1, 0.15) is 5.75 Å². The Morgan fingerprint density at radius 2 is 1.66 bits per heavy atom. The molecular weight excluding hydrogens is 470 g/mol. The van der Waals surface area contributed by atoms with Gasteiger partial charge in [-0.2, -0.15) is 0 Å². The molecular formula is C25H27N3O6S. The largest absolute Gasteiger partial charge is 0.497 e. The molecule has 3 amide bonds. The van der Waals surface area contributed by atoms with Crippen molar-refractivity contribution in [2.75, 3.05) is 23.7 Å². The fraction of sp³-hybridized carbons (Fsp3) is 0.320. The number of benzene rings is 2. The number of hydrogen-bond acceptors (Lipinski definition) is 6. The Hall–Kier alpha value is -3.66. The van der Waals surface area contributed by atoms with Crippen molar-refractivity contribution in [1.29, 1.82) is 0 Å². The van der Waals surface area contributed by atoms with E-state index in [-0.39, 0.29) is 41.5 Å². The van der Waals surface area contributed by atoms with Crippen LogP contribution in [0, 0.1) is 18.8 Å². The summed E-state index contributed by atoms with van der Waals surface area (Å²) < 4.78 is 33.3. The van der Waals surface area contributed by atoms with E-state index in [0.29, 0.717) is 35.5 Å². The van der Waals surface area contributed by atoms with Crippen molar-refractivity contribution in [3.8, 4) is 5.75 Å². The van der Waals surface area contributed by atoms with Crippen molar-refractivity contribution in [3.05, 3.63) is 60.2 Å². The SMILES string of the molecule is COc1ccc(NS(=O)(=O)c2ccc(C)c(NC(=O)CCN3C(=O)[C@H]4CC=CC[C@H]4C3=O)c2)cc1. The molecule has 2 N–H and O–H groups in total. The summed E-state index contributed by atoms with van der Waals surface area (Å²) in [7, 11) is -2.39. The zero-order valence-electron chi connectivity index (χ0n) is 19.5. The number of anilines is 2. The molecule has 1 heterocycles. The highest BCUT2D eigenvalue weighted by Crippen LogP contribution is 2.35. The maximum Gasteiger partial charge on any atom is 0.261 e. The third-order valence-electron chi connectivity index (χ3n) is 6.30. The summed E-state index contributed by atoms with van der Waals surface area (Å²) in [5.41, 5.74) is 1.38. The monoisotopic (exact) mass is 497 g/mol. The van der Waals surface area contributed by atoms with Crippen molar-refractivity contribution in [2.24, 2.45) is 11.8 Å². The van der Waals surface area contributed by atoms with E-state index in [9.17, 15) is 22.8 Å². The number of sulfonamides is 1. The number of allylic oxidation sites excluding steroid dienone is 2. The lowest BCUT2D eigenvalue weighted by Gasteiger charge is -2.15. The summed E-state index contributed by atoms with van der Waals surface area (Å²) in [5, 5.41) is 2.71. The molecule has 0 saturated carbocycles. The zero-order chi connectivity index (χ0) is 25.2. The van der Waals surface area contributed by atoms with Crippen LogP contribution in [0.15, 0.2) is 59.5 Å². The van der Waals surface area contributed by atoms with Crippen LogP contribution in [0.1, 0.15) is 24.8 Å². The first-order chi connectivity index (χ1) is 16.7. The number of ether oxygens (including phenoxy) is 1. The molecule has 2 atom stereocenters. The third-order valence-corrected chi connectivity index (χ3v) is 7.68. The van der Waals surface area contributed by atoms with Gasteiger partial charge in [-0.15, -0.1) is 0 Å². The summed E-state index contributed by atoms with van der Waals surface area (Å²) >= 11 is 0. The second-order valence-corrected chi connectivity index (χ2v) is 10.3. The lowest BCUT2D eigenvalue weighted by molar-refractivity contribution is -0.140. The first kappa shape index (κ1) is 24.5. The van der Waals surface area contributed by atoms with Gasteiger partial charge in [0.2, 0.25) is 17.7 Å². The number of rotatable bonds is 8. The third kappa shape index (κ3) is 5.22. The second kappa shape index (κ2) is 9.91. The molecule has 35 heavy (non-hydrogen) atoms. The topological polar surface area (TPSA) is 122 Å². The smallest absolute Gasteiger partial charge is 0.261 e. The van der Waals surface area contributed by atoms with Crippen molar-refractivity contribution in [2.45, 2.75) is 31.1 Å². The van der Waals surface area contributed by atoms with Crippen LogP contribution in [0.4, 0.5) is 11.4 Å². The molecule has 0 bridgehead atoms. The molecule has 0 radical (unpaired) electrons. The van der Waals surface area contributed by atoms with Crippen LogP contribution in [-0.4, -0.2) is 44.7 Å². The molecule has 1 aliphatic carbocycles. The van der Waals surface area contributed by atoms with E-state index in [1.807, 2.05) is 12.2 Å². The summed E-state index contributed by atoms with van der Waals surface area (Å²) in [5.74, 6) is -0.951. The van der Waals surface area contributed by atoms with Gasteiger partial charge in [0, 0.05) is 24.3 Å². The Balaban J connectivity index is 1.40. The molecule has 0 spiro atoms. The summed E-state index contributed by atoms with van der Waals surface area (Å²) in [4.78, 5) is 38.9. The lowest BCUT2D eigenvalue weighted by Crippen LogP contribution is -2.34. The van der Waals surface area contributed by atoms with Gasteiger partial charge in [-0.05, 0) is 61.7 Å². The number of amides is 3. The number of imide groups is 1. The van der Waals surface area contributed by atoms with Crippen LogP contribution in [0.2, 0.25) is 0 Å². The zero-order valence-corrected chi connectivity index (χ0v) is 20.3. The number of fused-ring (bicyclic) bond motifs is 1. The van der Waals surface area contributed by atoms with Gasteiger partial charge in [0.15, 0.2) is 0 Å². The van der Waals surface area contributed by atoms with Gasteiger partial charge in [0.25, 0.3) is 10.0 Å². The van der Waals surface area contributed by atoms with Crippen LogP contribution < -0.4 is 14.8 Å². The van der Waals surface area contributed by atoms with Crippen molar-refractivity contribution in [1.82, 2.24) is 4.90 Å². The van der Waals surface area contributed by atoms with Crippen LogP contribution in [0.25, 0.3) is 0 Å². The second-order valence-electron chi connectivity index (χ2n) is 8.59.